The topological polar surface area (TPSA) is 26.0 Å². The van der Waals surface area contributed by atoms with Crippen LogP contribution in [0.25, 0.3) is 0 Å². The summed E-state index contributed by atoms with van der Waals surface area (Å²) in [6.45, 7) is 2.26. The molecular weight excluding hydrogens is 178 g/mol. The lowest BCUT2D eigenvalue weighted by Gasteiger charge is -2.13. The molecular formula is C11H15NS. The minimum Gasteiger partial charge on any atom is -0.324 e. The van der Waals surface area contributed by atoms with Gasteiger partial charge in [-0.3, -0.25) is 0 Å². The zero-order valence-electron chi connectivity index (χ0n) is 7.86. The third kappa shape index (κ3) is 1.89. The van der Waals surface area contributed by atoms with Crippen molar-refractivity contribution in [1.29, 1.82) is 0 Å². The van der Waals surface area contributed by atoms with E-state index in [1.54, 1.807) is 0 Å². The van der Waals surface area contributed by atoms with E-state index in [2.05, 4.69) is 31.2 Å². The third-order valence-corrected chi connectivity index (χ3v) is 3.80. The van der Waals surface area contributed by atoms with Crippen LogP contribution in [0, 0.1) is 0 Å². The molecule has 0 bridgehead atoms. The summed E-state index contributed by atoms with van der Waals surface area (Å²) in [7, 11) is 0. The van der Waals surface area contributed by atoms with Gasteiger partial charge >= 0.3 is 0 Å². The maximum absolute atomic E-state index is 6.12. The molecule has 2 N–H and O–H groups in total. The first-order valence-electron chi connectivity index (χ1n) is 4.72. The largest absolute Gasteiger partial charge is 0.324 e. The van der Waals surface area contributed by atoms with Gasteiger partial charge in [0.1, 0.15) is 0 Å². The normalized spacial score (nSPS) is 27.8. The lowest BCUT2D eigenvalue weighted by Crippen LogP contribution is -2.13. The predicted molar refractivity (Wildman–Crippen MR) is 58.7 cm³/mol. The van der Waals surface area contributed by atoms with Crippen LogP contribution in [-0.4, -0.2) is 5.25 Å². The maximum Gasteiger partial charge on any atom is 0.0308 e. The van der Waals surface area contributed by atoms with Gasteiger partial charge in [-0.05, 0) is 17.5 Å². The lowest BCUT2D eigenvalue weighted by atomic mass is 9.99. The Morgan fingerprint density at radius 3 is 3.00 bits per heavy atom. The first kappa shape index (κ1) is 9.10. The number of thioether (sulfide) groups is 1. The molecule has 0 amide bonds. The Morgan fingerprint density at radius 1 is 1.38 bits per heavy atom. The fourth-order valence-corrected chi connectivity index (χ4v) is 2.88. The highest BCUT2D eigenvalue weighted by atomic mass is 32.2. The summed E-state index contributed by atoms with van der Waals surface area (Å²) in [4.78, 5) is 0. The zero-order chi connectivity index (χ0) is 9.26. The summed E-state index contributed by atoms with van der Waals surface area (Å²) in [6, 6.07) is 8.78. The number of benzene rings is 1. The Morgan fingerprint density at radius 2 is 2.15 bits per heavy atom. The molecule has 0 aromatic heterocycles. The van der Waals surface area contributed by atoms with E-state index in [1.807, 2.05) is 11.8 Å². The van der Waals surface area contributed by atoms with Crippen LogP contribution in [0.3, 0.4) is 0 Å². The Labute approximate surface area is 83.7 Å². The van der Waals surface area contributed by atoms with Crippen molar-refractivity contribution in [3.8, 4) is 0 Å². The van der Waals surface area contributed by atoms with Crippen LogP contribution in [0.1, 0.15) is 30.5 Å². The average Bonchev–Trinajstić information content (AvgIpc) is 2.27. The lowest BCUT2D eigenvalue weighted by molar-refractivity contribution is 0.651. The van der Waals surface area contributed by atoms with Crippen LogP contribution in [0.15, 0.2) is 24.3 Å². The fourth-order valence-electron chi connectivity index (χ4n) is 1.81. The van der Waals surface area contributed by atoms with E-state index in [-0.39, 0.29) is 6.04 Å². The SMILES string of the molecule is CC1C[C@H](N)c2ccccc2CS1. The zero-order valence-corrected chi connectivity index (χ0v) is 8.68. The van der Waals surface area contributed by atoms with Crippen LogP contribution < -0.4 is 5.73 Å². The van der Waals surface area contributed by atoms with Gasteiger partial charge in [-0.25, -0.2) is 0 Å². The molecule has 2 rings (SSSR count). The molecule has 1 unspecified atom stereocenters. The van der Waals surface area contributed by atoms with E-state index >= 15 is 0 Å². The highest BCUT2D eigenvalue weighted by Crippen LogP contribution is 2.32. The van der Waals surface area contributed by atoms with Gasteiger partial charge in [0.25, 0.3) is 0 Å². The van der Waals surface area contributed by atoms with Crippen LogP contribution in [0.2, 0.25) is 0 Å². The second kappa shape index (κ2) is 3.72. The Balaban J connectivity index is 2.35. The summed E-state index contributed by atoms with van der Waals surface area (Å²) < 4.78 is 0. The minimum absolute atomic E-state index is 0.237. The summed E-state index contributed by atoms with van der Waals surface area (Å²) in [5, 5.41) is 0.683. The molecule has 2 atom stereocenters. The van der Waals surface area contributed by atoms with Gasteiger partial charge in [-0.2, -0.15) is 11.8 Å². The van der Waals surface area contributed by atoms with Crippen molar-refractivity contribution < 1.29 is 0 Å². The van der Waals surface area contributed by atoms with Gasteiger partial charge in [-0.1, -0.05) is 31.2 Å². The minimum atomic E-state index is 0.237. The fraction of sp³-hybridized carbons (Fsp3) is 0.455. The van der Waals surface area contributed by atoms with E-state index in [0.717, 1.165) is 12.2 Å². The molecule has 0 saturated carbocycles. The monoisotopic (exact) mass is 193 g/mol. The van der Waals surface area contributed by atoms with Crippen LogP contribution in [0.5, 0.6) is 0 Å². The first-order valence-corrected chi connectivity index (χ1v) is 5.77. The maximum atomic E-state index is 6.12. The molecule has 1 heterocycles. The smallest absolute Gasteiger partial charge is 0.0308 e. The summed E-state index contributed by atoms with van der Waals surface area (Å²) in [5.41, 5.74) is 8.89. The molecule has 0 fully saturated rings. The van der Waals surface area contributed by atoms with Gasteiger partial charge < -0.3 is 5.73 Å². The van der Waals surface area contributed by atoms with Crippen molar-refractivity contribution in [1.82, 2.24) is 0 Å². The number of nitrogens with two attached hydrogens (primary N) is 1. The van der Waals surface area contributed by atoms with E-state index < -0.39 is 0 Å². The van der Waals surface area contributed by atoms with Crippen molar-refractivity contribution in [2.75, 3.05) is 0 Å². The van der Waals surface area contributed by atoms with E-state index in [4.69, 9.17) is 5.73 Å². The molecule has 0 radical (unpaired) electrons. The van der Waals surface area contributed by atoms with Gasteiger partial charge in [0.2, 0.25) is 0 Å². The molecule has 1 nitrogen and oxygen atoms in total. The second-order valence-corrected chi connectivity index (χ2v) is 5.09. The molecule has 1 aliphatic rings. The summed E-state index contributed by atoms with van der Waals surface area (Å²) in [5.74, 6) is 1.12. The van der Waals surface area contributed by atoms with E-state index in [9.17, 15) is 0 Å². The summed E-state index contributed by atoms with van der Waals surface area (Å²) >= 11 is 2.01. The van der Waals surface area contributed by atoms with Crippen molar-refractivity contribution in [3.05, 3.63) is 35.4 Å². The molecule has 1 aromatic rings. The van der Waals surface area contributed by atoms with Crippen LogP contribution in [-0.2, 0) is 5.75 Å². The van der Waals surface area contributed by atoms with Gasteiger partial charge in [0.15, 0.2) is 0 Å². The quantitative estimate of drug-likeness (QED) is 0.685. The molecule has 0 aliphatic carbocycles. The Kier molecular flexibility index (Phi) is 2.61. The first-order chi connectivity index (χ1) is 6.27. The van der Waals surface area contributed by atoms with Crippen molar-refractivity contribution in [3.63, 3.8) is 0 Å². The van der Waals surface area contributed by atoms with E-state index in [0.29, 0.717) is 5.25 Å². The standard InChI is InChI=1S/C11H15NS/c1-8-6-11(12)10-5-3-2-4-9(10)7-13-8/h2-5,8,11H,6-7,12H2,1H3/t8?,11-/m0/s1. The highest BCUT2D eigenvalue weighted by molar-refractivity contribution is 7.99. The number of fused-ring (bicyclic) bond motifs is 1. The van der Waals surface area contributed by atoms with Crippen molar-refractivity contribution in [2.45, 2.75) is 30.4 Å². The van der Waals surface area contributed by atoms with E-state index in [1.165, 1.54) is 11.1 Å². The Hall–Kier alpha value is -0.470. The molecule has 1 aromatic carbocycles. The summed E-state index contributed by atoms with van der Waals surface area (Å²) in [6.07, 6.45) is 1.10. The average molecular weight is 193 g/mol. The molecule has 1 aliphatic heterocycles. The Bertz CT molecular complexity index is 298. The van der Waals surface area contributed by atoms with Crippen molar-refractivity contribution >= 4 is 11.8 Å². The van der Waals surface area contributed by atoms with Crippen LogP contribution >= 0.6 is 11.8 Å². The van der Waals surface area contributed by atoms with Crippen molar-refractivity contribution in [2.24, 2.45) is 5.73 Å². The predicted octanol–water partition coefficient (Wildman–Crippen LogP) is 2.71. The number of rotatable bonds is 0. The molecule has 0 saturated heterocycles. The van der Waals surface area contributed by atoms with Gasteiger partial charge in [0, 0.05) is 17.0 Å². The van der Waals surface area contributed by atoms with Gasteiger partial charge in [-0.15, -0.1) is 0 Å². The van der Waals surface area contributed by atoms with Gasteiger partial charge in [0.05, 0.1) is 0 Å². The second-order valence-electron chi connectivity index (χ2n) is 3.66. The molecule has 2 heteroatoms. The van der Waals surface area contributed by atoms with Crippen LogP contribution in [0.4, 0.5) is 0 Å². The molecule has 70 valence electrons. The molecule has 0 spiro atoms. The third-order valence-electron chi connectivity index (χ3n) is 2.56. The highest BCUT2D eigenvalue weighted by Gasteiger charge is 2.18. The molecule has 13 heavy (non-hydrogen) atoms. The number of hydrogen-bond acceptors (Lipinski definition) is 2. The number of hydrogen-bond donors (Lipinski definition) is 1.